The largest absolute Gasteiger partial charge is 0.467 e. The van der Waals surface area contributed by atoms with Crippen molar-refractivity contribution in [1.82, 2.24) is 0 Å². The molecule has 2 aromatic rings. The number of carbonyl (C=O) groups excluding carboxylic acids is 1. The minimum atomic E-state index is -1.20. The number of ether oxygens (including phenoxy) is 2. The molecule has 0 amide bonds. The van der Waals surface area contributed by atoms with Crippen molar-refractivity contribution in [2.75, 3.05) is 7.11 Å². The fraction of sp³-hybridized carbons (Fsp3) is 0.188. The topological polar surface area (TPSA) is 61.5 Å². The van der Waals surface area contributed by atoms with Gasteiger partial charge in [-0.05, 0) is 36.8 Å². The standard InChI is InChI=1S/C16H17NO3/c1-16(17,15(18)19-2)12-7-6-10-14(11-12)20-13-8-4-3-5-9-13/h3-11H,17H2,1-2H3/t16-/m1/s1. The van der Waals surface area contributed by atoms with Gasteiger partial charge in [0.15, 0.2) is 0 Å². The van der Waals surface area contributed by atoms with Crippen molar-refractivity contribution >= 4 is 5.97 Å². The fourth-order valence-electron chi connectivity index (χ4n) is 1.84. The fourth-order valence-corrected chi connectivity index (χ4v) is 1.84. The number of carbonyl (C=O) groups is 1. The number of methoxy groups -OCH3 is 1. The van der Waals surface area contributed by atoms with Crippen LogP contribution in [-0.2, 0) is 15.1 Å². The van der Waals surface area contributed by atoms with Crippen LogP contribution in [0.1, 0.15) is 12.5 Å². The lowest BCUT2D eigenvalue weighted by molar-refractivity contribution is -0.146. The van der Waals surface area contributed by atoms with E-state index in [-0.39, 0.29) is 0 Å². The minimum Gasteiger partial charge on any atom is -0.467 e. The summed E-state index contributed by atoms with van der Waals surface area (Å²) >= 11 is 0. The first-order valence-electron chi connectivity index (χ1n) is 6.25. The molecule has 0 fully saturated rings. The lowest BCUT2D eigenvalue weighted by Crippen LogP contribution is -2.42. The molecule has 0 unspecified atom stereocenters. The van der Waals surface area contributed by atoms with Crippen molar-refractivity contribution in [1.29, 1.82) is 0 Å². The van der Waals surface area contributed by atoms with Crippen LogP contribution >= 0.6 is 0 Å². The molecule has 0 spiro atoms. The van der Waals surface area contributed by atoms with Crippen LogP contribution in [0.3, 0.4) is 0 Å². The van der Waals surface area contributed by atoms with E-state index < -0.39 is 11.5 Å². The Balaban J connectivity index is 2.26. The van der Waals surface area contributed by atoms with Gasteiger partial charge in [-0.25, -0.2) is 4.79 Å². The normalized spacial score (nSPS) is 13.3. The Hall–Kier alpha value is -2.33. The van der Waals surface area contributed by atoms with Crippen molar-refractivity contribution < 1.29 is 14.3 Å². The Kier molecular flexibility index (Phi) is 4.05. The first-order valence-corrected chi connectivity index (χ1v) is 6.25. The van der Waals surface area contributed by atoms with Crippen molar-refractivity contribution in [2.24, 2.45) is 5.73 Å². The number of benzene rings is 2. The van der Waals surface area contributed by atoms with Crippen LogP contribution < -0.4 is 10.5 Å². The van der Waals surface area contributed by atoms with Crippen LogP contribution in [0, 0.1) is 0 Å². The molecule has 20 heavy (non-hydrogen) atoms. The van der Waals surface area contributed by atoms with Gasteiger partial charge in [-0.2, -0.15) is 0 Å². The second-order valence-electron chi connectivity index (χ2n) is 4.64. The molecule has 0 heterocycles. The summed E-state index contributed by atoms with van der Waals surface area (Å²) in [4.78, 5) is 11.7. The first-order chi connectivity index (χ1) is 9.54. The van der Waals surface area contributed by atoms with E-state index in [4.69, 9.17) is 15.2 Å². The molecule has 4 nitrogen and oxygen atoms in total. The molecule has 2 aromatic carbocycles. The van der Waals surface area contributed by atoms with Gasteiger partial charge in [-0.15, -0.1) is 0 Å². The van der Waals surface area contributed by atoms with E-state index in [9.17, 15) is 4.79 Å². The number of esters is 1. The average Bonchev–Trinajstić information content (AvgIpc) is 2.47. The summed E-state index contributed by atoms with van der Waals surface area (Å²) in [5.41, 5.74) is 5.46. The number of para-hydroxylation sites is 1. The van der Waals surface area contributed by atoms with E-state index in [0.717, 1.165) is 5.75 Å². The van der Waals surface area contributed by atoms with E-state index in [2.05, 4.69) is 0 Å². The van der Waals surface area contributed by atoms with E-state index >= 15 is 0 Å². The highest BCUT2D eigenvalue weighted by Gasteiger charge is 2.31. The summed E-state index contributed by atoms with van der Waals surface area (Å²) in [5, 5.41) is 0. The van der Waals surface area contributed by atoms with Crippen LogP contribution in [0.2, 0.25) is 0 Å². The van der Waals surface area contributed by atoms with Crippen molar-refractivity contribution in [3.8, 4) is 11.5 Å². The molecule has 1 atom stereocenters. The number of hydrogen-bond acceptors (Lipinski definition) is 4. The van der Waals surface area contributed by atoms with Gasteiger partial charge < -0.3 is 15.2 Å². The third-order valence-corrected chi connectivity index (χ3v) is 3.02. The Morgan fingerprint density at radius 3 is 2.35 bits per heavy atom. The highest BCUT2D eigenvalue weighted by atomic mass is 16.5. The first kappa shape index (κ1) is 14.1. The van der Waals surface area contributed by atoms with Crippen LogP contribution in [0.5, 0.6) is 11.5 Å². The Labute approximate surface area is 118 Å². The van der Waals surface area contributed by atoms with E-state index in [1.54, 1.807) is 25.1 Å². The Bertz CT molecular complexity index is 594. The summed E-state index contributed by atoms with van der Waals surface area (Å²) in [6.07, 6.45) is 0. The van der Waals surface area contributed by atoms with E-state index in [1.807, 2.05) is 36.4 Å². The van der Waals surface area contributed by atoms with Crippen molar-refractivity contribution in [3.63, 3.8) is 0 Å². The average molecular weight is 271 g/mol. The van der Waals surface area contributed by atoms with Crippen LogP contribution in [0.4, 0.5) is 0 Å². The van der Waals surface area contributed by atoms with E-state index in [0.29, 0.717) is 11.3 Å². The van der Waals surface area contributed by atoms with Gasteiger partial charge in [0.1, 0.15) is 17.0 Å². The molecular weight excluding hydrogens is 254 g/mol. The van der Waals surface area contributed by atoms with Gasteiger partial charge >= 0.3 is 5.97 Å². The van der Waals surface area contributed by atoms with Gasteiger partial charge in [0.25, 0.3) is 0 Å². The predicted octanol–water partition coefficient (Wildman–Crippen LogP) is 2.83. The number of hydrogen-bond donors (Lipinski definition) is 1. The lowest BCUT2D eigenvalue weighted by atomic mass is 9.93. The van der Waals surface area contributed by atoms with Gasteiger partial charge in [0, 0.05) is 0 Å². The maximum absolute atomic E-state index is 11.7. The maximum atomic E-state index is 11.7. The quantitative estimate of drug-likeness (QED) is 0.869. The third-order valence-electron chi connectivity index (χ3n) is 3.02. The monoisotopic (exact) mass is 271 g/mol. The molecule has 0 aliphatic carbocycles. The van der Waals surface area contributed by atoms with Crippen molar-refractivity contribution in [3.05, 3.63) is 60.2 Å². The van der Waals surface area contributed by atoms with Gasteiger partial charge in [-0.1, -0.05) is 30.3 Å². The van der Waals surface area contributed by atoms with Crippen LogP contribution in [0.25, 0.3) is 0 Å². The molecule has 2 N–H and O–H groups in total. The Morgan fingerprint density at radius 2 is 1.70 bits per heavy atom. The van der Waals surface area contributed by atoms with Crippen LogP contribution in [-0.4, -0.2) is 13.1 Å². The van der Waals surface area contributed by atoms with E-state index in [1.165, 1.54) is 7.11 Å². The minimum absolute atomic E-state index is 0.491. The number of rotatable bonds is 4. The highest BCUT2D eigenvalue weighted by molar-refractivity contribution is 5.81. The zero-order valence-corrected chi connectivity index (χ0v) is 11.5. The van der Waals surface area contributed by atoms with Gasteiger partial charge in [0.05, 0.1) is 7.11 Å². The molecule has 0 aliphatic heterocycles. The summed E-state index contributed by atoms with van der Waals surface area (Å²) in [6, 6.07) is 16.5. The molecule has 0 saturated carbocycles. The molecule has 0 bridgehead atoms. The molecular formula is C16H17NO3. The smallest absolute Gasteiger partial charge is 0.330 e. The Morgan fingerprint density at radius 1 is 1.05 bits per heavy atom. The van der Waals surface area contributed by atoms with Gasteiger partial charge in [-0.3, -0.25) is 0 Å². The summed E-state index contributed by atoms with van der Waals surface area (Å²) in [6.45, 7) is 1.61. The molecule has 104 valence electrons. The zero-order chi connectivity index (χ0) is 14.6. The predicted molar refractivity (Wildman–Crippen MR) is 76.5 cm³/mol. The van der Waals surface area contributed by atoms with Gasteiger partial charge in [0.2, 0.25) is 0 Å². The molecule has 4 heteroatoms. The maximum Gasteiger partial charge on any atom is 0.330 e. The summed E-state index contributed by atoms with van der Waals surface area (Å²) in [7, 11) is 1.32. The van der Waals surface area contributed by atoms with Crippen molar-refractivity contribution in [2.45, 2.75) is 12.5 Å². The van der Waals surface area contributed by atoms with Crippen LogP contribution in [0.15, 0.2) is 54.6 Å². The molecule has 0 aromatic heterocycles. The molecule has 2 rings (SSSR count). The number of nitrogens with two attached hydrogens (primary N) is 1. The summed E-state index contributed by atoms with van der Waals surface area (Å²) in [5.74, 6) is 0.852. The highest BCUT2D eigenvalue weighted by Crippen LogP contribution is 2.26. The lowest BCUT2D eigenvalue weighted by Gasteiger charge is -2.22. The SMILES string of the molecule is COC(=O)[C@](C)(N)c1cccc(Oc2ccccc2)c1. The molecule has 0 aliphatic rings. The third kappa shape index (κ3) is 2.97. The second kappa shape index (κ2) is 5.75. The summed E-state index contributed by atoms with van der Waals surface area (Å²) < 4.78 is 10.4. The molecule has 0 radical (unpaired) electrons. The molecule has 0 saturated heterocycles. The second-order valence-corrected chi connectivity index (χ2v) is 4.64. The zero-order valence-electron chi connectivity index (χ0n) is 11.5.